The molecule has 0 radical (unpaired) electrons. The number of amides is 1. The van der Waals surface area contributed by atoms with E-state index in [0.29, 0.717) is 0 Å². The first-order valence-corrected chi connectivity index (χ1v) is 7.15. The average molecular weight is 260 g/mol. The van der Waals surface area contributed by atoms with Gasteiger partial charge in [-0.25, -0.2) is 0 Å². The summed E-state index contributed by atoms with van der Waals surface area (Å²) in [5.41, 5.74) is 7.52. The fraction of sp³-hybridized carbons (Fsp3) is 0.562. The summed E-state index contributed by atoms with van der Waals surface area (Å²) in [7, 11) is 0. The summed E-state index contributed by atoms with van der Waals surface area (Å²) >= 11 is 0. The molecule has 1 aliphatic carbocycles. The predicted octanol–water partition coefficient (Wildman–Crippen LogP) is 3.02. The summed E-state index contributed by atoms with van der Waals surface area (Å²) in [5, 5.41) is 0. The Labute approximate surface area is 115 Å². The van der Waals surface area contributed by atoms with Gasteiger partial charge >= 0.3 is 0 Å². The highest BCUT2D eigenvalue weighted by Crippen LogP contribution is 2.31. The average Bonchev–Trinajstić information content (AvgIpc) is 3.18. The number of carbonyl (C=O) groups is 1. The number of nitrogen functional groups attached to an aromatic ring is 1. The van der Waals surface area contributed by atoms with Crippen molar-refractivity contribution in [3.8, 4) is 0 Å². The van der Waals surface area contributed by atoms with Crippen molar-refractivity contribution in [3.05, 3.63) is 29.8 Å². The lowest BCUT2D eigenvalue weighted by Gasteiger charge is -2.29. The third-order valence-electron chi connectivity index (χ3n) is 3.84. The van der Waals surface area contributed by atoms with Crippen LogP contribution >= 0.6 is 0 Å². The van der Waals surface area contributed by atoms with Gasteiger partial charge in [-0.3, -0.25) is 4.79 Å². The zero-order valence-corrected chi connectivity index (χ0v) is 12.1. The van der Waals surface area contributed by atoms with Gasteiger partial charge in [0.2, 0.25) is 5.91 Å². The molecule has 1 aromatic carbocycles. The number of anilines is 1. The van der Waals surface area contributed by atoms with Crippen LogP contribution in [0.15, 0.2) is 24.3 Å². The lowest BCUT2D eigenvalue weighted by molar-refractivity contribution is -0.134. The van der Waals surface area contributed by atoms with E-state index in [9.17, 15) is 4.79 Å². The zero-order valence-electron chi connectivity index (χ0n) is 12.1. The largest absolute Gasteiger partial charge is 0.399 e. The van der Waals surface area contributed by atoms with E-state index in [-0.39, 0.29) is 17.9 Å². The third-order valence-corrected chi connectivity index (χ3v) is 3.84. The second-order valence-corrected chi connectivity index (χ2v) is 5.92. The Morgan fingerprint density at radius 2 is 2.05 bits per heavy atom. The van der Waals surface area contributed by atoms with Crippen molar-refractivity contribution in [2.45, 2.75) is 45.6 Å². The maximum absolute atomic E-state index is 12.6. The van der Waals surface area contributed by atoms with Crippen molar-refractivity contribution in [1.29, 1.82) is 0 Å². The van der Waals surface area contributed by atoms with E-state index in [0.717, 1.165) is 23.7 Å². The van der Waals surface area contributed by atoms with Crippen molar-refractivity contribution >= 4 is 11.6 Å². The second-order valence-electron chi connectivity index (χ2n) is 5.92. The van der Waals surface area contributed by atoms with Gasteiger partial charge in [0.25, 0.3) is 0 Å². The van der Waals surface area contributed by atoms with E-state index >= 15 is 0 Å². The fourth-order valence-electron chi connectivity index (χ4n) is 2.35. The Morgan fingerprint density at radius 3 is 2.58 bits per heavy atom. The van der Waals surface area contributed by atoms with Crippen molar-refractivity contribution in [3.63, 3.8) is 0 Å². The van der Waals surface area contributed by atoms with Crippen LogP contribution in [-0.4, -0.2) is 23.4 Å². The van der Waals surface area contributed by atoms with Gasteiger partial charge in [0.15, 0.2) is 0 Å². The summed E-state index contributed by atoms with van der Waals surface area (Å²) in [5.74, 6) is 0.816. The summed E-state index contributed by atoms with van der Waals surface area (Å²) in [6.45, 7) is 7.06. The normalized spacial score (nSPS) is 16.4. The van der Waals surface area contributed by atoms with Crippen molar-refractivity contribution in [1.82, 2.24) is 4.90 Å². The van der Waals surface area contributed by atoms with E-state index < -0.39 is 0 Å². The van der Waals surface area contributed by atoms with Crippen LogP contribution in [0.5, 0.6) is 0 Å². The molecule has 104 valence electrons. The minimum atomic E-state index is -0.121. The standard InChI is InChI=1S/C16H24N2O/c1-11(2)18(10-13-7-8-13)16(19)12(3)14-5-4-6-15(17)9-14/h4-6,9,11-13H,7-8,10,17H2,1-3H3. The highest BCUT2D eigenvalue weighted by Gasteiger charge is 2.30. The molecule has 0 aromatic heterocycles. The monoisotopic (exact) mass is 260 g/mol. The number of carbonyl (C=O) groups excluding carboxylic acids is 1. The molecule has 2 N–H and O–H groups in total. The van der Waals surface area contributed by atoms with Crippen LogP contribution in [-0.2, 0) is 4.79 Å². The van der Waals surface area contributed by atoms with Gasteiger partial charge in [-0.1, -0.05) is 12.1 Å². The quantitative estimate of drug-likeness (QED) is 0.827. The molecule has 0 aliphatic heterocycles. The highest BCUT2D eigenvalue weighted by atomic mass is 16.2. The topological polar surface area (TPSA) is 46.3 Å². The van der Waals surface area contributed by atoms with Gasteiger partial charge in [0.05, 0.1) is 5.92 Å². The van der Waals surface area contributed by atoms with E-state index in [2.05, 4.69) is 13.8 Å². The van der Waals surface area contributed by atoms with Crippen LogP contribution in [0, 0.1) is 5.92 Å². The lowest BCUT2D eigenvalue weighted by Crippen LogP contribution is -2.40. The Balaban J connectivity index is 2.11. The first-order valence-electron chi connectivity index (χ1n) is 7.15. The Kier molecular flexibility index (Phi) is 4.13. The highest BCUT2D eigenvalue weighted by molar-refractivity contribution is 5.84. The smallest absolute Gasteiger partial charge is 0.230 e. The van der Waals surface area contributed by atoms with Crippen molar-refractivity contribution < 1.29 is 4.79 Å². The summed E-state index contributed by atoms with van der Waals surface area (Å²) < 4.78 is 0. The molecule has 1 aromatic rings. The van der Waals surface area contributed by atoms with Gasteiger partial charge in [-0.05, 0) is 57.2 Å². The summed E-state index contributed by atoms with van der Waals surface area (Å²) in [6.07, 6.45) is 2.53. The lowest BCUT2D eigenvalue weighted by atomic mass is 9.98. The van der Waals surface area contributed by atoms with Crippen LogP contribution in [0.1, 0.15) is 45.1 Å². The van der Waals surface area contributed by atoms with Gasteiger partial charge in [0, 0.05) is 18.3 Å². The number of rotatable bonds is 5. The molecule has 0 saturated heterocycles. The van der Waals surface area contributed by atoms with Crippen LogP contribution in [0.2, 0.25) is 0 Å². The first-order chi connectivity index (χ1) is 8.99. The number of hydrogen-bond acceptors (Lipinski definition) is 2. The molecular weight excluding hydrogens is 236 g/mol. The maximum Gasteiger partial charge on any atom is 0.230 e. The Morgan fingerprint density at radius 1 is 1.37 bits per heavy atom. The van der Waals surface area contributed by atoms with Gasteiger partial charge in [-0.15, -0.1) is 0 Å². The number of nitrogens with zero attached hydrogens (tertiary/aromatic N) is 1. The molecule has 1 fully saturated rings. The molecule has 19 heavy (non-hydrogen) atoms. The molecule has 1 aliphatic rings. The molecule has 1 unspecified atom stereocenters. The van der Waals surface area contributed by atoms with E-state index in [1.165, 1.54) is 12.8 Å². The molecule has 2 rings (SSSR count). The van der Waals surface area contributed by atoms with Crippen molar-refractivity contribution in [2.24, 2.45) is 5.92 Å². The summed E-state index contributed by atoms with van der Waals surface area (Å²) in [4.78, 5) is 14.7. The molecule has 0 bridgehead atoms. The number of hydrogen-bond donors (Lipinski definition) is 1. The Bertz CT molecular complexity index is 452. The molecule has 1 saturated carbocycles. The van der Waals surface area contributed by atoms with E-state index in [1.54, 1.807) is 0 Å². The Hall–Kier alpha value is -1.51. The van der Waals surface area contributed by atoms with Crippen LogP contribution < -0.4 is 5.73 Å². The van der Waals surface area contributed by atoms with Gasteiger partial charge in [-0.2, -0.15) is 0 Å². The molecule has 0 spiro atoms. The van der Waals surface area contributed by atoms with Crippen LogP contribution in [0.25, 0.3) is 0 Å². The van der Waals surface area contributed by atoms with E-state index in [4.69, 9.17) is 5.73 Å². The van der Waals surface area contributed by atoms with E-state index in [1.807, 2.05) is 36.1 Å². The second kappa shape index (κ2) is 5.64. The minimum absolute atomic E-state index is 0.121. The van der Waals surface area contributed by atoms with Gasteiger partial charge < -0.3 is 10.6 Å². The molecule has 3 nitrogen and oxygen atoms in total. The van der Waals surface area contributed by atoms with Crippen LogP contribution in [0.4, 0.5) is 5.69 Å². The molecule has 1 atom stereocenters. The first kappa shape index (κ1) is 13.9. The number of benzene rings is 1. The zero-order chi connectivity index (χ0) is 14.0. The predicted molar refractivity (Wildman–Crippen MR) is 78.8 cm³/mol. The molecule has 3 heteroatoms. The maximum atomic E-state index is 12.6. The minimum Gasteiger partial charge on any atom is -0.399 e. The van der Waals surface area contributed by atoms with Crippen LogP contribution in [0.3, 0.4) is 0 Å². The number of nitrogens with two attached hydrogens (primary N) is 1. The van der Waals surface area contributed by atoms with Gasteiger partial charge in [0.1, 0.15) is 0 Å². The molecule has 0 heterocycles. The summed E-state index contributed by atoms with van der Waals surface area (Å²) in [6, 6.07) is 7.91. The molecule has 1 amide bonds. The third kappa shape index (κ3) is 3.49. The SMILES string of the molecule is CC(C(=O)N(CC1CC1)C(C)C)c1cccc(N)c1. The fourth-order valence-corrected chi connectivity index (χ4v) is 2.35. The van der Waals surface area contributed by atoms with Crippen molar-refractivity contribution in [2.75, 3.05) is 12.3 Å². The molecular formula is C16H24N2O.